The summed E-state index contributed by atoms with van der Waals surface area (Å²) in [5.74, 6) is 1.60. The van der Waals surface area contributed by atoms with Gasteiger partial charge in [0.1, 0.15) is 0 Å². The van der Waals surface area contributed by atoms with Gasteiger partial charge >= 0.3 is 0 Å². The SMILES string of the molecule is CCCC(C)NC(=O)Cc1ccc(OC)c(OC)c1OC. The van der Waals surface area contributed by atoms with E-state index < -0.39 is 0 Å². The van der Waals surface area contributed by atoms with E-state index in [1.165, 1.54) is 0 Å². The summed E-state index contributed by atoms with van der Waals surface area (Å²) < 4.78 is 15.9. The lowest BCUT2D eigenvalue weighted by Crippen LogP contribution is -2.33. The van der Waals surface area contributed by atoms with Crippen LogP contribution in [0.3, 0.4) is 0 Å². The molecule has 0 aliphatic heterocycles. The zero-order valence-corrected chi connectivity index (χ0v) is 13.5. The van der Waals surface area contributed by atoms with Crippen molar-refractivity contribution in [3.05, 3.63) is 17.7 Å². The molecule has 5 nitrogen and oxygen atoms in total. The molecule has 1 rings (SSSR count). The molecule has 1 atom stereocenters. The molecule has 118 valence electrons. The third kappa shape index (κ3) is 4.55. The first kappa shape index (κ1) is 17.1. The number of hydrogen-bond acceptors (Lipinski definition) is 4. The molecule has 0 spiro atoms. The number of hydrogen-bond donors (Lipinski definition) is 1. The van der Waals surface area contributed by atoms with Crippen molar-refractivity contribution in [1.29, 1.82) is 0 Å². The standard InChI is InChI=1S/C16H25NO4/c1-6-7-11(2)17-14(18)10-12-8-9-13(19-3)16(21-5)15(12)20-4/h8-9,11H,6-7,10H2,1-5H3,(H,17,18). The predicted octanol–water partition coefficient (Wildman–Crippen LogP) is 2.56. The second-order valence-electron chi connectivity index (χ2n) is 4.93. The summed E-state index contributed by atoms with van der Waals surface area (Å²) in [4.78, 5) is 12.1. The van der Waals surface area contributed by atoms with Gasteiger partial charge in [-0.15, -0.1) is 0 Å². The van der Waals surface area contributed by atoms with Gasteiger partial charge < -0.3 is 19.5 Å². The lowest BCUT2D eigenvalue weighted by molar-refractivity contribution is -0.121. The van der Waals surface area contributed by atoms with Gasteiger partial charge in [-0.2, -0.15) is 0 Å². The Kier molecular flexibility index (Phi) is 6.85. The van der Waals surface area contributed by atoms with Crippen molar-refractivity contribution in [3.63, 3.8) is 0 Å². The Hall–Kier alpha value is -1.91. The first-order valence-corrected chi connectivity index (χ1v) is 7.14. The third-order valence-electron chi connectivity index (χ3n) is 3.27. The van der Waals surface area contributed by atoms with E-state index in [0.29, 0.717) is 17.2 Å². The van der Waals surface area contributed by atoms with E-state index in [2.05, 4.69) is 12.2 Å². The van der Waals surface area contributed by atoms with Crippen LogP contribution in [0.5, 0.6) is 17.2 Å². The van der Waals surface area contributed by atoms with E-state index in [1.54, 1.807) is 27.4 Å². The largest absolute Gasteiger partial charge is 0.493 e. The Morgan fingerprint density at radius 2 is 1.81 bits per heavy atom. The van der Waals surface area contributed by atoms with Crippen LogP contribution in [0, 0.1) is 0 Å². The molecule has 0 saturated carbocycles. The van der Waals surface area contributed by atoms with Crippen LogP contribution < -0.4 is 19.5 Å². The quantitative estimate of drug-likeness (QED) is 0.801. The fourth-order valence-electron chi connectivity index (χ4n) is 2.31. The highest BCUT2D eigenvalue weighted by atomic mass is 16.5. The molecule has 1 aromatic rings. The molecule has 1 aromatic carbocycles. The average Bonchev–Trinajstić information content (AvgIpc) is 2.46. The van der Waals surface area contributed by atoms with Crippen LogP contribution in [0.4, 0.5) is 0 Å². The maximum atomic E-state index is 12.1. The first-order chi connectivity index (χ1) is 10.1. The molecule has 1 unspecified atom stereocenters. The number of amides is 1. The summed E-state index contributed by atoms with van der Waals surface area (Å²) >= 11 is 0. The van der Waals surface area contributed by atoms with Gasteiger partial charge in [-0.1, -0.05) is 19.4 Å². The molecule has 0 aromatic heterocycles. The van der Waals surface area contributed by atoms with Gasteiger partial charge in [-0.3, -0.25) is 4.79 Å². The van der Waals surface area contributed by atoms with E-state index in [-0.39, 0.29) is 18.4 Å². The lowest BCUT2D eigenvalue weighted by Gasteiger charge is -2.17. The normalized spacial score (nSPS) is 11.7. The van der Waals surface area contributed by atoms with Crippen LogP contribution in [0.25, 0.3) is 0 Å². The molecule has 5 heteroatoms. The summed E-state index contributed by atoms with van der Waals surface area (Å²) in [6, 6.07) is 3.78. The fraction of sp³-hybridized carbons (Fsp3) is 0.562. The highest BCUT2D eigenvalue weighted by molar-refractivity contribution is 5.80. The topological polar surface area (TPSA) is 56.8 Å². The van der Waals surface area contributed by atoms with E-state index in [9.17, 15) is 4.79 Å². The van der Waals surface area contributed by atoms with Crippen molar-refractivity contribution in [3.8, 4) is 17.2 Å². The predicted molar refractivity (Wildman–Crippen MR) is 82.3 cm³/mol. The van der Waals surface area contributed by atoms with Crippen molar-refractivity contribution >= 4 is 5.91 Å². The van der Waals surface area contributed by atoms with Gasteiger partial charge in [0.15, 0.2) is 11.5 Å². The molecule has 0 aliphatic rings. The molecule has 0 radical (unpaired) electrons. The van der Waals surface area contributed by atoms with Crippen molar-refractivity contribution in [2.24, 2.45) is 0 Å². The Morgan fingerprint density at radius 3 is 2.33 bits per heavy atom. The Bertz CT molecular complexity index is 474. The fourth-order valence-corrected chi connectivity index (χ4v) is 2.31. The molecule has 0 fully saturated rings. The van der Waals surface area contributed by atoms with E-state index >= 15 is 0 Å². The number of carbonyl (C=O) groups is 1. The number of ether oxygens (including phenoxy) is 3. The Balaban J connectivity index is 2.90. The molecule has 0 aliphatic carbocycles. The summed E-state index contributed by atoms with van der Waals surface area (Å²) in [6.07, 6.45) is 2.26. The van der Waals surface area contributed by atoms with Crippen molar-refractivity contribution < 1.29 is 19.0 Å². The summed E-state index contributed by atoms with van der Waals surface area (Å²) in [5, 5.41) is 2.98. The summed E-state index contributed by atoms with van der Waals surface area (Å²) in [7, 11) is 4.67. The monoisotopic (exact) mass is 295 g/mol. The van der Waals surface area contributed by atoms with Crippen molar-refractivity contribution in [1.82, 2.24) is 5.32 Å². The van der Waals surface area contributed by atoms with Gasteiger partial charge in [0.05, 0.1) is 27.8 Å². The molecule has 21 heavy (non-hydrogen) atoms. The van der Waals surface area contributed by atoms with Crippen molar-refractivity contribution in [2.45, 2.75) is 39.2 Å². The summed E-state index contributed by atoms with van der Waals surface area (Å²) in [5.41, 5.74) is 0.774. The second-order valence-corrected chi connectivity index (χ2v) is 4.93. The molecular weight excluding hydrogens is 270 g/mol. The third-order valence-corrected chi connectivity index (χ3v) is 3.27. The molecule has 0 saturated heterocycles. The highest BCUT2D eigenvalue weighted by Crippen LogP contribution is 2.39. The average molecular weight is 295 g/mol. The number of methoxy groups -OCH3 is 3. The van der Waals surface area contributed by atoms with Crippen LogP contribution in [0.2, 0.25) is 0 Å². The first-order valence-electron chi connectivity index (χ1n) is 7.14. The zero-order valence-electron chi connectivity index (χ0n) is 13.5. The number of rotatable bonds is 8. The minimum Gasteiger partial charge on any atom is -0.493 e. The van der Waals surface area contributed by atoms with Gasteiger partial charge in [-0.05, 0) is 19.4 Å². The lowest BCUT2D eigenvalue weighted by atomic mass is 10.1. The van der Waals surface area contributed by atoms with Crippen LogP contribution in [-0.2, 0) is 11.2 Å². The Morgan fingerprint density at radius 1 is 1.14 bits per heavy atom. The second kappa shape index (κ2) is 8.39. The molecule has 1 amide bonds. The number of carbonyl (C=O) groups excluding carboxylic acids is 1. The smallest absolute Gasteiger partial charge is 0.224 e. The molecule has 0 bridgehead atoms. The number of nitrogens with one attached hydrogen (secondary N) is 1. The maximum Gasteiger partial charge on any atom is 0.224 e. The Labute approximate surface area is 126 Å². The van der Waals surface area contributed by atoms with Gasteiger partial charge in [0.25, 0.3) is 0 Å². The van der Waals surface area contributed by atoms with Crippen molar-refractivity contribution in [2.75, 3.05) is 21.3 Å². The van der Waals surface area contributed by atoms with E-state index in [4.69, 9.17) is 14.2 Å². The van der Waals surface area contributed by atoms with Gasteiger partial charge in [0, 0.05) is 11.6 Å². The molecule has 0 heterocycles. The molecular formula is C16H25NO4. The van der Waals surface area contributed by atoms with Crippen LogP contribution >= 0.6 is 0 Å². The zero-order chi connectivity index (χ0) is 15.8. The van der Waals surface area contributed by atoms with Crippen LogP contribution in [-0.4, -0.2) is 33.3 Å². The van der Waals surface area contributed by atoms with E-state index in [0.717, 1.165) is 18.4 Å². The van der Waals surface area contributed by atoms with Gasteiger partial charge in [-0.25, -0.2) is 0 Å². The molecule has 1 N–H and O–H groups in total. The summed E-state index contributed by atoms with van der Waals surface area (Å²) in [6.45, 7) is 4.10. The van der Waals surface area contributed by atoms with Crippen LogP contribution in [0.1, 0.15) is 32.3 Å². The minimum atomic E-state index is -0.0264. The van der Waals surface area contributed by atoms with Gasteiger partial charge in [0.2, 0.25) is 11.7 Å². The minimum absolute atomic E-state index is 0.0264. The highest BCUT2D eigenvalue weighted by Gasteiger charge is 2.18. The number of benzene rings is 1. The maximum absolute atomic E-state index is 12.1. The van der Waals surface area contributed by atoms with E-state index in [1.807, 2.05) is 13.0 Å². The van der Waals surface area contributed by atoms with Crippen LogP contribution in [0.15, 0.2) is 12.1 Å².